The van der Waals surface area contributed by atoms with E-state index >= 15 is 0 Å². The number of aromatic hydroxyl groups is 1. The predicted octanol–water partition coefficient (Wildman–Crippen LogP) is 5.47. The molecule has 1 aliphatic rings. The molecule has 182 valence electrons. The van der Waals surface area contributed by atoms with E-state index in [0.717, 1.165) is 44.9 Å². The van der Waals surface area contributed by atoms with Crippen LogP contribution in [0.1, 0.15) is 43.5 Å². The number of halogens is 3. The molecule has 0 spiro atoms. The molecule has 1 N–H and O–H groups in total. The first-order valence-electron chi connectivity index (χ1n) is 11.6. The van der Waals surface area contributed by atoms with Crippen LogP contribution in [-0.4, -0.2) is 58.7 Å². The maximum Gasteiger partial charge on any atom is 0.416 e. The molecule has 4 rings (SSSR count). The monoisotopic (exact) mass is 473 g/mol. The number of piperazine rings is 1. The van der Waals surface area contributed by atoms with Crippen molar-refractivity contribution in [3.63, 3.8) is 0 Å². The maximum atomic E-state index is 13.2. The second-order valence-corrected chi connectivity index (χ2v) is 8.87. The van der Waals surface area contributed by atoms with Gasteiger partial charge in [-0.15, -0.1) is 0 Å². The highest BCUT2D eigenvalue weighted by atomic mass is 19.4. The fourth-order valence-electron chi connectivity index (χ4n) is 4.56. The quantitative estimate of drug-likeness (QED) is 0.514. The van der Waals surface area contributed by atoms with Gasteiger partial charge in [0.2, 0.25) is 0 Å². The van der Waals surface area contributed by atoms with Gasteiger partial charge in [0, 0.05) is 43.3 Å². The number of ether oxygens (including phenoxy) is 1. The SMILES string of the molecule is CCN1CCN(C(c2ccc(C(F)(F)F)cc2)c2cc(OC(C)C)c3cccnc3c2O)CC1. The molecular weight excluding hydrogens is 443 g/mol. The van der Waals surface area contributed by atoms with Gasteiger partial charge in [-0.05, 0) is 56.3 Å². The minimum absolute atomic E-state index is 0.0227. The molecule has 1 aliphatic heterocycles. The number of hydrogen-bond donors (Lipinski definition) is 1. The molecule has 1 saturated heterocycles. The van der Waals surface area contributed by atoms with Gasteiger partial charge in [-0.2, -0.15) is 13.2 Å². The standard InChI is InChI=1S/C26H30F3N3O2/c1-4-31-12-14-32(15-13-31)24(18-7-9-19(10-8-18)26(27,28)29)21-16-22(34-17(2)3)20-6-5-11-30-23(20)25(21)33/h5-11,16-17,24,33H,4,12-15H2,1-3H3. The number of alkyl halides is 3. The second-order valence-electron chi connectivity index (χ2n) is 8.87. The van der Waals surface area contributed by atoms with Gasteiger partial charge >= 0.3 is 6.18 Å². The first-order chi connectivity index (χ1) is 16.2. The maximum absolute atomic E-state index is 13.2. The Balaban J connectivity index is 1.85. The van der Waals surface area contributed by atoms with Crippen LogP contribution in [-0.2, 0) is 6.18 Å². The number of benzene rings is 2. The third kappa shape index (κ3) is 4.98. The Morgan fingerprint density at radius 2 is 1.74 bits per heavy atom. The van der Waals surface area contributed by atoms with Crippen molar-refractivity contribution in [1.29, 1.82) is 0 Å². The van der Waals surface area contributed by atoms with Crippen LogP contribution in [0.25, 0.3) is 10.9 Å². The Labute approximate surface area is 197 Å². The highest BCUT2D eigenvalue weighted by Crippen LogP contribution is 2.43. The smallest absolute Gasteiger partial charge is 0.416 e. The van der Waals surface area contributed by atoms with Crippen LogP contribution in [0.15, 0.2) is 48.7 Å². The highest BCUT2D eigenvalue weighted by Gasteiger charge is 2.33. The molecule has 8 heteroatoms. The Bertz CT molecular complexity index is 1120. The zero-order valence-corrected chi connectivity index (χ0v) is 19.6. The lowest BCUT2D eigenvalue weighted by Gasteiger charge is -2.39. The van der Waals surface area contributed by atoms with Crippen LogP contribution in [0, 0.1) is 0 Å². The number of nitrogens with zero attached hydrogens (tertiary/aromatic N) is 3. The number of fused-ring (bicyclic) bond motifs is 1. The van der Waals surface area contributed by atoms with Crippen molar-refractivity contribution in [3.05, 3.63) is 65.4 Å². The van der Waals surface area contributed by atoms with Crippen molar-refractivity contribution >= 4 is 10.9 Å². The van der Waals surface area contributed by atoms with Gasteiger partial charge in [-0.1, -0.05) is 19.1 Å². The molecule has 0 aliphatic carbocycles. The van der Waals surface area contributed by atoms with Crippen molar-refractivity contribution in [2.75, 3.05) is 32.7 Å². The van der Waals surface area contributed by atoms with Crippen molar-refractivity contribution in [3.8, 4) is 11.5 Å². The average molecular weight is 474 g/mol. The molecular formula is C26H30F3N3O2. The molecule has 1 aromatic heterocycles. The molecule has 0 bridgehead atoms. The van der Waals surface area contributed by atoms with E-state index in [1.807, 2.05) is 26.0 Å². The number of rotatable bonds is 6. The molecule has 2 heterocycles. The van der Waals surface area contributed by atoms with E-state index in [-0.39, 0.29) is 11.9 Å². The molecule has 1 atom stereocenters. The van der Waals surface area contributed by atoms with E-state index < -0.39 is 17.8 Å². The van der Waals surface area contributed by atoms with Gasteiger partial charge in [0.15, 0.2) is 0 Å². The lowest BCUT2D eigenvalue weighted by molar-refractivity contribution is -0.137. The Morgan fingerprint density at radius 3 is 2.32 bits per heavy atom. The van der Waals surface area contributed by atoms with Crippen molar-refractivity contribution < 1.29 is 23.0 Å². The van der Waals surface area contributed by atoms with Gasteiger partial charge in [0.25, 0.3) is 0 Å². The first kappa shape index (κ1) is 24.3. The summed E-state index contributed by atoms with van der Waals surface area (Å²) in [5.74, 6) is 0.615. The van der Waals surface area contributed by atoms with Crippen LogP contribution in [0.2, 0.25) is 0 Å². The van der Waals surface area contributed by atoms with E-state index in [2.05, 4.69) is 21.7 Å². The molecule has 0 radical (unpaired) electrons. The average Bonchev–Trinajstić information content (AvgIpc) is 2.82. The molecule has 3 aromatic rings. The Morgan fingerprint density at radius 1 is 1.06 bits per heavy atom. The summed E-state index contributed by atoms with van der Waals surface area (Å²) in [7, 11) is 0. The van der Waals surface area contributed by atoms with Crippen molar-refractivity contribution in [1.82, 2.24) is 14.8 Å². The van der Waals surface area contributed by atoms with Gasteiger partial charge in [-0.3, -0.25) is 9.88 Å². The lowest BCUT2D eigenvalue weighted by atomic mass is 9.93. The summed E-state index contributed by atoms with van der Waals surface area (Å²) in [6.45, 7) is 10.0. The Hall–Kier alpha value is -2.84. The van der Waals surface area contributed by atoms with Gasteiger partial charge in [0.1, 0.15) is 17.0 Å². The molecule has 1 unspecified atom stereocenters. The molecule has 0 saturated carbocycles. The number of pyridine rings is 1. The van der Waals surface area contributed by atoms with Crippen LogP contribution >= 0.6 is 0 Å². The van der Waals surface area contributed by atoms with E-state index in [1.165, 1.54) is 12.1 Å². The number of likely N-dealkylation sites (N-methyl/N-ethyl adjacent to an activating group) is 1. The fraction of sp³-hybridized carbons (Fsp3) is 0.423. The third-order valence-corrected chi connectivity index (χ3v) is 6.29. The molecule has 1 fully saturated rings. The second kappa shape index (κ2) is 9.80. The normalized spacial score (nSPS) is 16.8. The summed E-state index contributed by atoms with van der Waals surface area (Å²) in [5, 5.41) is 12.0. The minimum atomic E-state index is -4.41. The van der Waals surface area contributed by atoms with E-state index in [1.54, 1.807) is 12.3 Å². The van der Waals surface area contributed by atoms with Crippen LogP contribution in [0.4, 0.5) is 13.2 Å². The lowest BCUT2D eigenvalue weighted by Crippen LogP contribution is -2.47. The molecule has 34 heavy (non-hydrogen) atoms. The van der Waals surface area contributed by atoms with Gasteiger partial charge in [-0.25, -0.2) is 0 Å². The number of phenolic OH excluding ortho intramolecular Hbond substituents is 1. The molecule has 0 amide bonds. The molecule has 5 nitrogen and oxygen atoms in total. The minimum Gasteiger partial charge on any atom is -0.505 e. The zero-order valence-electron chi connectivity index (χ0n) is 19.6. The first-order valence-corrected chi connectivity index (χ1v) is 11.6. The van der Waals surface area contributed by atoms with Crippen molar-refractivity contribution in [2.45, 2.75) is 39.1 Å². The summed E-state index contributed by atoms with van der Waals surface area (Å²) >= 11 is 0. The highest BCUT2D eigenvalue weighted by molar-refractivity contribution is 5.91. The van der Waals surface area contributed by atoms with Gasteiger partial charge < -0.3 is 14.7 Å². The largest absolute Gasteiger partial charge is 0.505 e. The van der Waals surface area contributed by atoms with Gasteiger partial charge in [0.05, 0.1) is 17.7 Å². The topological polar surface area (TPSA) is 48.8 Å². The van der Waals surface area contributed by atoms with Crippen LogP contribution < -0.4 is 4.74 Å². The van der Waals surface area contributed by atoms with Crippen LogP contribution in [0.5, 0.6) is 11.5 Å². The number of phenols is 1. The van der Waals surface area contributed by atoms with Crippen LogP contribution in [0.3, 0.4) is 0 Å². The summed E-state index contributed by atoms with van der Waals surface area (Å²) < 4.78 is 45.7. The summed E-state index contributed by atoms with van der Waals surface area (Å²) in [4.78, 5) is 8.93. The van der Waals surface area contributed by atoms with E-state index in [4.69, 9.17) is 4.74 Å². The fourth-order valence-corrected chi connectivity index (χ4v) is 4.56. The summed E-state index contributed by atoms with van der Waals surface area (Å²) in [6.07, 6.45) is -2.90. The van der Waals surface area contributed by atoms with Crippen molar-refractivity contribution in [2.24, 2.45) is 0 Å². The number of hydrogen-bond acceptors (Lipinski definition) is 5. The molecule has 2 aromatic carbocycles. The summed E-state index contributed by atoms with van der Waals surface area (Å²) in [6, 6.07) is 10.2. The summed E-state index contributed by atoms with van der Waals surface area (Å²) in [5.41, 5.74) is 0.976. The van der Waals surface area contributed by atoms with E-state index in [9.17, 15) is 18.3 Å². The number of aromatic nitrogens is 1. The predicted molar refractivity (Wildman–Crippen MR) is 126 cm³/mol. The van der Waals surface area contributed by atoms with E-state index in [0.29, 0.717) is 27.8 Å². The zero-order chi connectivity index (χ0) is 24.5. The Kier molecular flexibility index (Phi) is 7.00. The third-order valence-electron chi connectivity index (χ3n) is 6.29.